The van der Waals surface area contributed by atoms with Gasteiger partial charge in [-0.25, -0.2) is 0 Å². The number of nitrogens with one attached hydrogen (secondary N) is 1. The van der Waals surface area contributed by atoms with Gasteiger partial charge in [0.1, 0.15) is 5.75 Å². The van der Waals surface area contributed by atoms with Crippen molar-refractivity contribution < 1.29 is 9.53 Å². The minimum atomic E-state index is -0.339. The molecular formula is C15H25ClN2O2. The molecule has 0 spiro atoms. The molecule has 0 atom stereocenters. The Kier molecular flexibility index (Phi) is 8.26. The fraction of sp³-hybridized carbons (Fsp3) is 0.533. The molecule has 1 aromatic carbocycles. The Morgan fingerprint density at radius 1 is 1.35 bits per heavy atom. The molecule has 0 fully saturated rings. The van der Waals surface area contributed by atoms with Crippen LogP contribution >= 0.6 is 12.4 Å². The van der Waals surface area contributed by atoms with Crippen LogP contribution in [0.25, 0.3) is 0 Å². The number of carbonyl (C=O) groups excluding carboxylic acids is 1. The highest BCUT2D eigenvalue weighted by atomic mass is 35.5. The molecule has 0 heterocycles. The highest BCUT2D eigenvalue weighted by Crippen LogP contribution is 2.16. The fourth-order valence-corrected chi connectivity index (χ4v) is 1.62. The Morgan fingerprint density at radius 2 is 2.00 bits per heavy atom. The molecule has 0 radical (unpaired) electrons. The molecule has 0 saturated heterocycles. The van der Waals surface area contributed by atoms with Gasteiger partial charge in [0, 0.05) is 18.5 Å². The first-order valence-electron chi connectivity index (χ1n) is 6.64. The van der Waals surface area contributed by atoms with E-state index in [2.05, 4.69) is 5.32 Å². The molecule has 1 aromatic rings. The number of halogens is 1. The van der Waals surface area contributed by atoms with Gasteiger partial charge >= 0.3 is 0 Å². The molecular weight excluding hydrogens is 276 g/mol. The molecule has 0 aliphatic rings. The van der Waals surface area contributed by atoms with Crippen molar-refractivity contribution >= 4 is 18.3 Å². The van der Waals surface area contributed by atoms with Crippen LogP contribution in [0, 0.1) is 6.92 Å². The zero-order valence-electron chi connectivity index (χ0n) is 12.4. The van der Waals surface area contributed by atoms with E-state index in [4.69, 9.17) is 10.5 Å². The minimum absolute atomic E-state index is 0. The van der Waals surface area contributed by atoms with Crippen molar-refractivity contribution in [1.82, 2.24) is 5.32 Å². The van der Waals surface area contributed by atoms with E-state index >= 15 is 0 Å². The number of hydrogen-bond donors (Lipinski definition) is 2. The van der Waals surface area contributed by atoms with Crippen molar-refractivity contribution in [2.24, 2.45) is 5.73 Å². The van der Waals surface area contributed by atoms with Crippen LogP contribution in [-0.2, 0) is 4.79 Å². The van der Waals surface area contributed by atoms with Gasteiger partial charge in [0.05, 0.1) is 6.61 Å². The summed E-state index contributed by atoms with van der Waals surface area (Å²) < 4.78 is 5.64. The number of carbonyl (C=O) groups is 1. The Morgan fingerprint density at radius 3 is 2.60 bits per heavy atom. The average Bonchev–Trinajstić information content (AvgIpc) is 2.36. The lowest BCUT2D eigenvalue weighted by molar-refractivity contribution is -0.122. The molecule has 1 amide bonds. The summed E-state index contributed by atoms with van der Waals surface area (Å²) in [7, 11) is 0. The topological polar surface area (TPSA) is 64.3 Å². The fourth-order valence-electron chi connectivity index (χ4n) is 1.62. The van der Waals surface area contributed by atoms with E-state index in [1.807, 2.05) is 45.0 Å². The SMILES string of the molecule is Cc1ccccc1OCCCC(=O)NC(C)(C)CN.Cl. The van der Waals surface area contributed by atoms with E-state index in [1.165, 1.54) is 0 Å². The van der Waals surface area contributed by atoms with Gasteiger partial charge in [-0.15, -0.1) is 12.4 Å². The lowest BCUT2D eigenvalue weighted by Crippen LogP contribution is -2.48. The summed E-state index contributed by atoms with van der Waals surface area (Å²) >= 11 is 0. The third kappa shape index (κ3) is 6.78. The van der Waals surface area contributed by atoms with E-state index in [9.17, 15) is 4.79 Å². The van der Waals surface area contributed by atoms with E-state index in [0.717, 1.165) is 11.3 Å². The van der Waals surface area contributed by atoms with Crippen LogP contribution < -0.4 is 15.8 Å². The first kappa shape index (κ1) is 18.7. The zero-order valence-corrected chi connectivity index (χ0v) is 13.3. The number of aryl methyl sites for hydroxylation is 1. The largest absolute Gasteiger partial charge is 0.493 e. The molecule has 0 bridgehead atoms. The smallest absolute Gasteiger partial charge is 0.220 e. The average molecular weight is 301 g/mol. The third-order valence-electron chi connectivity index (χ3n) is 2.89. The van der Waals surface area contributed by atoms with Crippen LogP contribution in [0.5, 0.6) is 5.75 Å². The number of benzene rings is 1. The first-order valence-corrected chi connectivity index (χ1v) is 6.64. The van der Waals surface area contributed by atoms with Gasteiger partial charge in [0.2, 0.25) is 5.91 Å². The van der Waals surface area contributed by atoms with Crippen LogP contribution in [0.3, 0.4) is 0 Å². The van der Waals surface area contributed by atoms with Gasteiger partial charge in [0.15, 0.2) is 0 Å². The molecule has 0 aliphatic heterocycles. The van der Waals surface area contributed by atoms with E-state index < -0.39 is 0 Å². The quantitative estimate of drug-likeness (QED) is 0.760. The molecule has 20 heavy (non-hydrogen) atoms. The molecule has 3 N–H and O–H groups in total. The predicted molar refractivity (Wildman–Crippen MR) is 84.4 cm³/mol. The number of nitrogens with two attached hydrogens (primary N) is 1. The van der Waals surface area contributed by atoms with Crippen LogP contribution in [0.4, 0.5) is 0 Å². The summed E-state index contributed by atoms with van der Waals surface area (Å²) in [4.78, 5) is 11.7. The van der Waals surface area contributed by atoms with E-state index in [0.29, 0.717) is 26.0 Å². The highest BCUT2D eigenvalue weighted by molar-refractivity contribution is 5.85. The second-order valence-electron chi connectivity index (χ2n) is 5.35. The number of ether oxygens (including phenoxy) is 1. The maximum atomic E-state index is 11.7. The molecule has 4 nitrogen and oxygen atoms in total. The maximum absolute atomic E-state index is 11.7. The van der Waals surface area contributed by atoms with Crippen molar-refractivity contribution in [3.05, 3.63) is 29.8 Å². The van der Waals surface area contributed by atoms with Crippen LogP contribution in [-0.4, -0.2) is 24.6 Å². The van der Waals surface area contributed by atoms with Gasteiger partial charge in [-0.3, -0.25) is 4.79 Å². The standard InChI is InChI=1S/C15H24N2O2.ClH/c1-12-7-4-5-8-13(12)19-10-6-9-14(18)17-15(2,3)11-16;/h4-5,7-8H,6,9-11,16H2,1-3H3,(H,17,18);1H. The van der Waals surface area contributed by atoms with Crippen molar-refractivity contribution in [3.63, 3.8) is 0 Å². The Balaban J connectivity index is 0.00000361. The van der Waals surface area contributed by atoms with Crippen LogP contribution in [0.15, 0.2) is 24.3 Å². The summed E-state index contributed by atoms with van der Waals surface area (Å²) in [6, 6.07) is 7.86. The normalized spacial score (nSPS) is 10.6. The van der Waals surface area contributed by atoms with Gasteiger partial charge in [-0.1, -0.05) is 18.2 Å². The van der Waals surface area contributed by atoms with Gasteiger partial charge in [-0.05, 0) is 38.8 Å². The molecule has 0 saturated carbocycles. The third-order valence-corrected chi connectivity index (χ3v) is 2.89. The Bertz CT molecular complexity index is 422. The van der Waals surface area contributed by atoms with Gasteiger partial charge in [-0.2, -0.15) is 0 Å². The lowest BCUT2D eigenvalue weighted by Gasteiger charge is -2.24. The molecule has 0 aliphatic carbocycles. The van der Waals surface area contributed by atoms with Crippen LogP contribution in [0.1, 0.15) is 32.3 Å². The first-order chi connectivity index (χ1) is 8.94. The summed E-state index contributed by atoms with van der Waals surface area (Å²) in [5.41, 5.74) is 6.33. The molecule has 5 heteroatoms. The lowest BCUT2D eigenvalue weighted by atomic mass is 10.1. The molecule has 1 rings (SSSR count). The number of para-hydroxylation sites is 1. The zero-order chi connectivity index (χ0) is 14.3. The second kappa shape index (κ2) is 8.82. The minimum Gasteiger partial charge on any atom is -0.493 e. The monoisotopic (exact) mass is 300 g/mol. The Hall–Kier alpha value is -1.26. The number of hydrogen-bond acceptors (Lipinski definition) is 3. The molecule has 0 aromatic heterocycles. The van der Waals surface area contributed by atoms with E-state index in [-0.39, 0.29) is 23.9 Å². The maximum Gasteiger partial charge on any atom is 0.220 e. The summed E-state index contributed by atoms with van der Waals surface area (Å²) in [6.45, 7) is 6.80. The summed E-state index contributed by atoms with van der Waals surface area (Å²) in [5, 5.41) is 2.90. The van der Waals surface area contributed by atoms with Crippen LogP contribution in [0.2, 0.25) is 0 Å². The summed E-state index contributed by atoms with van der Waals surface area (Å²) in [6.07, 6.45) is 1.15. The summed E-state index contributed by atoms with van der Waals surface area (Å²) in [5.74, 6) is 0.897. The second-order valence-corrected chi connectivity index (χ2v) is 5.35. The van der Waals surface area contributed by atoms with Crippen molar-refractivity contribution in [2.45, 2.75) is 39.2 Å². The molecule has 114 valence electrons. The number of rotatable bonds is 7. The van der Waals surface area contributed by atoms with Crippen molar-refractivity contribution in [3.8, 4) is 5.75 Å². The predicted octanol–water partition coefficient (Wildman–Crippen LogP) is 2.43. The van der Waals surface area contributed by atoms with E-state index in [1.54, 1.807) is 0 Å². The highest BCUT2D eigenvalue weighted by Gasteiger charge is 2.17. The van der Waals surface area contributed by atoms with Gasteiger partial charge < -0.3 is 15.8 Å². The van der Waals surface area contributed by atoms with Gasteiger partial charge in [0.25, 0.3) is 0 Å². The molecule has 0 unspecified atom stereocenters. The Labute approximate surface area is 127 Å². The van der Waals surface area contributed by atoms with Crippen molar-refractivity contribution in [1.29, 1.82) is 0 Å². The van der Waals surface area contributed by atoms with Crippen molar-refractivity contribution in [2.75, 3.05) is 13.2 Å². The number of amides is 1.